The van der Waals surface area contributed by atoms with Crippen LogP contribution in [0, 0.1) is 5.82 Å². The molecule has 1 unspecified atom stereocenters. The Morgan fingerprint density at radius 1 is 1.09 bits per heavy atom. The van der Waals surface area contributed by atoms with Crippen molar-refractivity contribution in [2.75, 3.05) is 7.11 Å². The number of nitrogens with one attached hydrogen (secondary N) is 1. The number of carbonyl (C=O) groups excluding carboxylic acids is 1. The first-order valence-electron chi connectivity index (χ1n) is 10.4. The van der Waals surface area contributed by atoms with Crippen LogP contribution in [-0.4, -0.2) is 38.3 Å². The number of amides is 1. The molecule has 5 rings (SSSR count). The predicted octanol–water partition coefficient (Wildman–Crippen LogP) is 5.03. The van der Waals surface area contributed by atoms with Crippen LogP contribution in [0.2, 0.25) is 5.02 Å². The molecule has 0 spiro atoms. The summed E-state index contributed by atoms with van der Waals surface area (Å²) >= 11 is 6.17. The van der Waals surface area contributed by atoms with Gasteiger partial charge in [0.25, 0.3) is 5.91 Å². The zero-order valence-electron chi connectivity index (χ0n) is 17.9. The van der Waals surface area contributed by atoms with Gasteiger partial charge in [0.15, 0.2) is 11.5 Å². The molecule has 0 aliphatic carbocycles. The highest BCUT2D eigenvalue weighted by Crippen LogP contribution is 2.46. The number of H-pyrrole nitrogens is 1. The average molecular weight is 480 g/mol. The number of aromatic nitrogens is 2. The van der Waals surface area contributed by atoms with Gasteiger partial charge in [-0.3, -0.25) is 9.89 Å². The maximum Gasteiger partial charge on any atom is 0.273 e. The van der Waals surface area contributed by atoms with Gasteiger partial charge in [0.2, 0.25) is 0 Å². The summed E-state index contributed by atoms with van der Waals surface area (Å²) in [6, 6.07) is 14.7. The molecule has 172 valence electrons. The maximum absolute atomic E-state index is 13.5. The van der Waals surface area contributed by atoms with Crippen molar-refractivity contribution >= 4 is 17.5 Å². The van der Waals surface area contributed by atoms with E-state index in [9.17, 15) is 19.4 Å². The summed E-state index contributed by atoms with van der Waals surface area (Å²) < 4.78 is 18.7. The third kappa shape index (κ3) is 3.62. The molecule has 4 aromatic rings. The van der Waals surface area contributed by atoms with Gasteiger partial charge in [-0.25, -0.2) is 4.39 Å². The lowest BCUT2D eigenvalue weighted by Crippen LogP contribution is -2.29. The van der Waals surface area contributed by atoms with Crippen molar-refractivity contribution in [3.8, 4) is 28.5 Å². The van der Waals surface area contributed by atoms with Crippen molar-refractivity contribution in [1.82, 2.24) is 15.1 Å². The van der Waals surface area contributed by atoms with Crippen molar-refractivity contribution in [1.29, 1.82) is 0 Å². The monoisotopic (exact) mass is 479 g/mol. The summed E-state index contributed by atoms with van der Waals surface area (Å²) in [4.78, 5) is 15.1. The highest BCUT2D eigenvalue weighted by molar-refractivity contribution is 6.31. The SMILES string of the molecule is COc1cc(C2c3c(-c4cc(Cl)ccc4O)n[nH]c3C(=O)N2Cc2ccc(F)cc2)ccc1O. The van der Waals surface area contributed by atoms with Crippen LogP contribution in [-0.2, 0) is 6.54 Å². The number of fused-ring (bicyclic) bond motifs is 1. The maximum atomic E-state index is 13.5. The van der Waals surface area contributed by atoms with Gasteiger partial charge >= 0.3 is 0 Å². The van der Waals surface area contributed by atoms with E-state index >= 15 is 0 Å². The van der Waals surface area contributed by atoms with Crippen molar-refractivity contribution in [2.45, 2.75) is 12.6 Å². The molecule has 9 heteroatoms. The summed E-state index contributed by atoms with van der Waals surface area (Å²) in [6.07, 6.45) is 0. The van der Waals surface area contributed by atoms with Crippen LogP contribution >= 0.6 is 11.6 Å². The summed E-state index contributed by atoms with van der Waals surface area (Å²) in [5.41, 5.74) is 2.97. The molecule has 0 saturated heterocycles. The highest BCUT2D eigenvalue weighted by Gasteiger charge is 2.42. The normalized spacial score (nSPS) is 15.0. The first kappa shape index (κ1) is 21.8. The minimum absolute atomic E-state index is 0.0369. The minimum atomic E-state index is -0.630. The Bertz CT molecular complexity index is 1400. The van der Waals surface area contributed by atoms with E-state index in [1.807, 2.05) is 0 Å². The van der Waals surface area contributed by atoms with Crippen molar-refractivity contribution < 1.29 is 24.1 Å². The van der Waals surface area contributed by atoms with Gasteiger partial charge in [-0.15, -0.1) is 0 Å². The first-order chi connectivity index (χ1) is 16.4. The second kappa shape index (κ2) is 8.39. The van der Waals surface area contributed by atoms with Gasteiger partial charge in [-0.05, 0) is 53.6 Å². The number of aromatic hydroxyl groups is 2. The zero-order valence-corrected chi connectivity index (χ0v) is 18.7. The molecule has 0 radical (unpaired) electrons. The fraction of sp³-hybridized carbons (Fsp3) is 0.120. The second-order valence-electron chi connectivity index (χ2n) is 7.92. The lowest BCUT2D eigenvalue weighted by molar-refractivity contribution is 0.0730. The van der Waals surface area contributed by atoms with E-state index in [-0.39, 0.29) is 41.2 Å². The van der Waals surface area contributed by atoms with Crippen LogP contribution in [0.3, 0.4) is 0 Å². The Labute approximate surface area is 199 Å². The lowest BCUT2D eigenvalue weighted by Gasteiger charge is -2.27. The van der Waals surface area contributed by atoms with Crippen LogP contribution in [0.15, 0.2) is 60.7 Å². The predicted molar refractivity (Wildman–Crippen MR) is 123 cm³/mol. The Morgan fingerprint density at radius 3 is 2.56 bits per heavy atom. The van der Waals surface area contributed by atoms with Crippen molar-refractivity contribution in [3.05, 3.63) is 93.9 Å². The van der Waals surface area contributed by atoms with Crippen LogP contribution in [0.4, 0.5) is 4.39 Å². The molecule has 0 bridgehead atoms. The Morgan fingerprint density at radius 2 is 1.82 bits per heavy atom. The van der Waals surface area contributed by atoms with Gasteiger partial charge in [-0.1, -0.05) is 29.8 Å². The number of carbonyl (C=O) groups is 1. The Kier molecular flexibility index (Phi) is 5.37. The number of rotatable bonds is 5. The third-order valence-corrected chi connectivity index (χ3v) is 6.10. The smallest absolute Gasteiger partial charge is 0.273 e. The molecule has 3 N–H and O–H groups in total. The summed E-state index contributed by atoms with van der Waals surface area (Å²) in [6.45, 7) is 0.191. The van der Waals surface area contributed by atoms with E-state index in [1.54, 1.807) is 41.3 Å². The van der Waals surface area contributed by atoms with E-state index in [4.69, 9.17) is 16.3 Å². The van der Waals surface area contributed by atoms with Crippen LogP contribution in [0.1, 0.15) is 33.2 Å². The van der Waals surface area contributed by atoms with Gasteiger partial charge < -0.3 is 19.8 Å². The van der Waals surface area contributed by atoms with Crippen molar-refractivity contribution in [3.63, 3.8) is 0 Å². The number of ether oxygens (including phenoxy) is 1. The number of methoxy groups -OCH3 is 1. The standard InChI is InChI=1S/C25H19ClFN3O4/c1-34-20-10-14(4-8-19(20)32)24-21-22(17-11-15(26)5-9-18(17)31)28-29-23(21)25(33)30(24)12-13-2-6-16(27)7-3-13/h2-11,24,31-32H,12H2,1H3,(H,28,29). The first-order valence-corrected chi connectivity index (χ1v) is 10.7. The number of phenols is 2. The number of benzene rings is 3. The van der Waals surface area contributed by atoms with Gasteiger partial charge in [-0.2, -0.15) is 5.10 Å². The molecule has 7 nitrogen and oxygen atoms in total. The molecule has 2 heterocycles. The van der Waals surface area contributed by atoms with E-state index in [0.29, 0.717) is 27.4 Å². The highest BCUT2D eigenvalue weighted by atomic mass is 35.5. The number of aromatic amines is 1. The van der Waals surface area contributed by atoms with Crippen LogP contribution in [0.25, 0.3) is 11.3 Å². The van der Waals surface area contributed by atoms with Gasteiger partial charge in [0.05, 0.1) is 13.2 Å². The fourth-order valence-corrected chi connectivity index (χ4v) is 4.43. The molecule has 1 aromatic heterocycles. The second-order valence-corrected chi connectivity index (χ2v) is 8.35. The number of halogens is 2. The topological polar surface area (TPSA) is 98.7 Å². The van der Waals surface area contributed by atoms with Crippen molar-refractivity contribution in [2.24, 2.45) is 0 Å². The van der Waals surface area contributed by atoms with Gasteiger partial charge in [0.1, 0.15) is 23.0 Å². The molecule has 0 saturated carbocycles. The summed E-state index contributed by atoms with van der Waals surface area (Å²) in [5.74, 6) is -0.511. The van der Waals surface area contributed by atoms with Crippen LogP contribution < -0.4 is 4.74 Å². The zero-order chi connectivity index (χ0) is 24.0. The van der Waals surface area contributed by atoms with E-state index in [2.05, 4.69) is 10.2 Å². The molecule has 1 aliphatic rings. The van der Waals surface area contributed by atoms with E-state index in [1.165, 1.54) is 31.4 Å². The van der Waals surface area contributed by atoms with E-state index in [0.717, 1.165) is 5.56 Å². The molecular weight excluding hydrogens is 461 g/mol. The number of hydrogen-bond acceptors (Lipinski definition) is 5. The summed E-state index contributed by atoms with van der Waals surface area (Å²) in [5, 5.41) is 28.2. The van der Waals surface area contributed by atoms with E-state index < -0.39 is 6.04 Å². The summed E-state index contributed by atoms with van der Waals surface area (Å²) in [7, 11) is 1.44. The Balaban J connectivity index is 1.68. The third-order valence-electron chi connectivity index (χ3n) is 5.86. The molecule has 1 amide bonds. The molecule has 3 aromatic carbocycles. The lowest BCUT2D eigenvalue weighted by atomic mass is 9.95. The number of nitrogens with zero attached hydrogens (tertiary/aromatic N) is 2. The quantitative estimate of drug-likeness (QED) is 0.372. The minimum Gasteiger partial charge on any atom is -0.507 e. The fourth-order valence-electron chi connectivity index (χ4n) is 4.26. The molecule has 1 aliphatic heterocycles. The molecule has 1 atom stereocenters. The largest absolute Gasteiger partial charge is 0.507 e. The molecule has 34 heavy (non-hydrogen) atoms. The molecule has 0 fully saturated rings. The average Bonchev–Trinajstić information content (AvgIpc) is 3.36. The number of hydrogen-bond donors (Lipinski definition) is 3. The molecular formula is C25H19ClFN3O4. The Hall–Kier alpha value is -4.04. The van der Waals surface area contributed by atoms with Crippen LogP contribution in [0.5, 0.6) is 17.2 Å². The van der Waals surface area contributed by atoms with Gasteiger partial charge in [0, 0.05) is 22.7 Å². The number of phenolic OH excluding ortho intramolecular Hbond substituents is 2.